The molecule has 4 heterocycles. The molecule has 16 nitrogen and oxygen atoms in total. The lowest BCUT2D eigenvalue weighted by Gasteiger charge is -2.17. The summed E-state index contributed by atoms with van der Waals surface area (Å²) in [6.07, 6.45) is 2.02. The summed E-state index contributed by atoms with van der Waals surface area (Å²) in [7, 11) is 0. The molecule has 2 aliphatic rings. The fourth-order valence-corrected chi connectivity index (χ4v) is 6.24. The summed E-state index contributed by atoms with van der Waals surface area (Å²) < 4.78 is 10.7. The molecule has 0 aliphatic carbocycles. The molecule has 18 heteroatoms. The minimum atomic E-state index is -0.641. The maximum absolute atomic E-state index is 12.7. The number of furan rings is 2. The second kappa shape index (κ2) is 15.8. The molecule has 0 unspecified atom stereocenters. The molecule has 0 saturated carbocycles. The van der Waals surface area contributed by atoms with Gasteiger partial charge in [-0.05, 0) is 59.7 Å². The van der Waals surface area contributed by atoms with Crippen LogP contribution >= 0.6 is 23.5 Å². The van der Waals surface area contributed by atoms with Crippen LogP contribution in [0.5, 0.6) is 0 Å². The van der Waals surface area contributed by atoms with Crippen LogP contribution in [0.3, 0.4) is 0 Å². The zero-order chi connectivity index (χ0) is 35.7. The SMILES string of the molecule is N#Cc1cc(NC(=O)CSC2=N[C@H](c3ccco3)N=C(N)N2)ccc1Cc1ccc(NC(=O)CSC2=N[C@H](c3ccco3)N=C(N)N2)cc1C#N. The zero-order valence-electron chi connectivity index (χ0n) is 26.5. The molecule has 4 aromatic rings. The molecule has 51 heavy (non-hydrogen) atoms. The van der Waals surface area contributed by atoms with E-state index < -0.39 is 12.3 Å². The Hall–Kier alpha value is -6.50. The van der Waals surface area contributed by atoms with E-state index in [9.17, 15) is 20.1 Å². The topological polar surface area (TPSA) is 258 Å². The lowest BCUT2D eigenvalue weighted by Crippen LogP contribution is -2.39. The Morgan fingerprint density at radius 1 is 0.725 bits per heavy atom. The molecule has 0 saturated heterocycles. The van der Waals surface area contributed by atoms with Crippen molar-refractivity contribution < 1.29 is 18.4 Å². The largest absolute Gasteiger partial charge is 0.465 e. The van der Waals surface area contributed by atoms with E-state index in [1.807, 2.05) is 0 Å². The Morgan fingerprint density at radius 2 is 1.18 bits per heavy atom. The summed E-state index contributed by atoms with van der Waals surface area (Å²) >= 11 is 2.29. The number of nitrogens with zero attached hydrogens (tertiary/aromatic N) is 6. The van der Waals surface area contributed by atoms with Crippen molar-refractivity contribution in [3.63, 3.8) is 0 Å². The minimum Gasteiger partial charge on any atom is -0.465 e. The van der Waals surface area contributed by atoms with Crippen LogP contribution in [0, 0.1) is 22.7 Å². The monoisotopic (exact) mass is 720 g/mol. The molecule has 0 radical (unpaired) electrons. The van der Waals surface area contributed by atoms with Crippen molar-refractivity contribution in [3.8, 4) is 12.1 Å². The average molecular weight is 721 g/mol. The Morgan fingerprint density at radius 3 is 1.57 bits per heavy atom. The van der Waals surface area contributed by atoms with Crippen LogP contribution in [0.1, 0.15) is 46.1 Å². The predicted molar refractivity (Wildman–Crippen MR) is 195 cm³/mol. The summed E-state index contributed by atoms with van der Waals surface area (Å²) in [5, 5.41) is 31.8. The molecule has 2 aromatic heterocycles. The van der Waals surface area contributed by atoms with Crippen LogP contribution < -0.4 is 32.7 Å². The molecule has 2 amide bonds. The number of rotatable bonds is 10. The van der Waals surface area contributed by atoms with Gasteiger partial charge in [-0.2, -0.15) is 10.5 Å². The molecule has 2 atom stereocenters. The standard InChI is InChI=1S/C33H28N12O4S2/c34-14-20-12-22(38-26(46)16-50-32-42-28(40-30(36)44-32)24-3-1-9-48-24)7-5-18(20)11-19-6-8-23(13-21(19)15-35)39-27(47)17-51-33-43-29(41-31(37)45-33)25-4-2-10-49-25/h1-10,12-13,28-29H,11,16-17H2,(H,38,46)(H,39,47)(H3,36,40,42,44)(H3,37,41,43,45)/t28-,29-/m1/s1. The molecule has 0 spiro atoms. The van der Waals surface area contributed by atoms with E-state index in [-0.39, 0.29) is 41.7 Å². The van der Waals surface area contributed by atoms with E-state index in [1.54, 1.807) is 60.7 Å². The summed E-state index contributed by atoms with van der Waals surface area (Å²) in [6, 6.07) is 21.2. The lowest BCUT2D eigenvalue weighted by atomic mass is 9.96. The highest BCUT2D eigenvalue weighted by Gasteiger charge is 2.22. The van der Waals surface area contributed by atoms with Crippen molar-refractivity contribution >= 4 is 69.0 Å². The summed E-state index contributed by atoms with van der Waals surface area (Å²) in [4.78, 5) is 42.7. The van der Waals surface area contributed by atoms with Gasteiger partial charge in [0.1, 0.15) is 0 Å². The number of anilines is 2. The molecule has 8 N–H and O–H groups in total. The Balaban J connectivity index is 1.03. The van der Waals surface area contributed by atoms with Crippen molar-refractivity contribution in [2.75, 3.05) is 22.1 Å². The highest BCUT2D eigenvalue weighted by molar-refractivity contribution is 8.14. The first kappa shape index (κ1) is 34.4. The highest BCUT2D eigenvalue weighted by Crippen LogP contribution is 2.26. The van der Waals surface area contributed by atoms with Crippen molar-refractivity contribution in [1.82, 2.24) is 10.6 Å². The van der Waals surface area contributed by atoms with Crippen molar-refractivity contribution in [1.29, 1.82) is 10.5 Å². The third kappa shape index (κ3) is 8.95. The van der Waals surface area contributed by atoms with E-state index in [2.05, 4.69) is 53.4 Å². The molecule has 2 aromatic carbocycles. The first-order chi connectivity index (χ1) is 24.8. The summed E-state index contributed by atoms with van der Waals surface area (Å²) in [6.45, 7) is 0. The first-order valence-electron chi connectivity index (χ1n) is 15.1. The second-order valence-electron chi connectivity index (χ2n) is 10.7. The quantitative estimate of drug-likeness (QED) is 0.138. The fourth-order valence-electron chi connectivity index (χ4n) is 4.86. The highest BCUT2D eigenvalue weighted by atomic mass is 32.2. The number of hydrogen-bond donors (Lipinski definition) is 6. The van der Waals surface area contributed by atoms with Gasteiger partial charge in [0, 0.05) is 17.8 Å². The van der Waals surface area contributed by atoms with Gasteiger partial charge in [0.2, 0.25) is 24.1 Å². The van der Waals surface area contributed by atoms with Crippen molar-refractivity contribution in [3.05, 3.63) is 107 Å². The minimum absolute atomic E-state index is 0.0159. The fraction of sp³-hybridized carbons (Fsp3) is 0.152. The number of aliphatic imine (C=N–C) groups is 4. The van der Waals surface area contributed by atoms with Gasteiger partial charge in [-0.25, -0.2) is 20.0 Å². The van der Waals surface area contributed by atoms with Gasteiger partial charge >= 0.3 is 0 Å². The number of amidine groups is 2. The Labute approximate surface area is 299 Å². The van der Waals surface area contributed by atoms with Gasteiger partial charge in [0.15, 0.2) is 33.8 Å². The number of nitrogens with two attached hydrogens (primary N) is 2. The van der Waals surface area contributed by atoms with Crippen LogP contribution in [-0.2, 0) is 16.0 Å². The van der Waals surface area contributed by atoms with E-state index in [4.69, 9.17) is 20.3 Å². The Kier molecular flexibility index (Phi) is 10.7. The molecule has 2 aliphatic heterocycles. The van der Waals surface area contributed by atoms with Crippen LogP contribution in [0.4, 0.5) is 11.4 Å². The third-order valence-corrected chi connectivity index (χ3v) is 8.93. The third-order valence-electron chi connectivity index (χ3n) is 7.16. The summed E-state index contributed by atoms with van der Waals surface area (Å²) in [5.41, 5.74) is 14.6. The van der Waals surface area contributed by atoms with E-state index >= 15 is 0 Å². The maximum atomic E-state index is 12.7. The molecule has 0 fully saturated rings. The van der Waals surface area contributed by atoms with Crippen LogP contribution in [0.15, 0.2) is 102 Å². The maximum Gasteiger partial charge on any atom is 0.234 e. The number of carbonyl (C=O) groups is 2. The van der Waals surface area contributed by atoms with Crippen LogP contribution in [-0.4, -0.2) is 45.6 Å². The molecule has 6 rings (SSSR count). The van der Waals surface area contributed by atoms with Gasteiger partial charge in [-0.3, -0.25) is 9.59 Å². The van der Waals surface area contributed by atoms with E-state index in [1.165, 1.54) is 12.5 Å². The number of guanidine groups is 2. The van der Waals surface area contributed by atoms with Crippen LogP contribution in [0.25, 0.3) is 0 Å². The van der Waals surface area contributed by atoms with Gasteiger partial charge in [-0.15, -0.1) is 0 Å². The van der Waals surface area contributed by atoms with Gasteiger partial charge in [-0.1, -0.05) is 35.7 Å². The number of carbonyl (C=O) groups excluding carboxylic acids is 2. The van der Waals surface area contributed by atoms with Gasteiger partial charge in [0.25, 0.3) is 0 Å². The normalized spacial score (nSPS) is 16.5. The number of nitrogens with one attached hydrogen (secondary N) is 4. The predicted octanol–water partition coefficient (Wildman–Crippen LogP) is 3.50. The number of amides is 2. The van der Waals surface area contributed by atoms with Crippen molar-refractivity contribution in [2.45, 2.75) is 18.8 Å². The molecule has 256 valence electrons. The van der Waals surface area contributed by atoms with E-state index in [0.717, 1.165) is 23.5 Å². The lowest BCUT2D eigenvalue weighted by molar-refractivity contribution is -0.114. The van der Waals surface area contributed by atoms with Crippen LogP contribution in [0.2, 0.25) is 0 Å². The first-order valence-corrected chi connectivity index (χ1v) is 17.1. The average Bonchev–Trinajstić information content (AvgIpc) is 3.87. The second-order valence-corrected chi connectivity index (χ2v) is 12.7. The molecular formula is C33H28N12O4S2. The number of hydrogen-bond acceptors (Lipinski definition) is 16. The number of thioether (sulfide) groups is 2. The van der Waals surface area contributed by atoms with Gasteiger partial charge < -0.3 is 41.6 Å². The van der Waals surface area contributed by atoms with E-state index in [0.29, 0.717) is 55.5 Å². The number of nitriles is 2. The van der Waals surface area contributed by atoms with Crippen molar-refractivity contribution in [2.24, 2.45) is 31.4 Å². The molecular weight excluding hydrogens is 693 g/mol. The Bertz CT molecular complexity index is 2000. The number of benzene rings is 2. The zero-order valence-corrected chi connectivity index (χ0v) is 28.1. The molecule has 0 bridgehead atoms. The summed E-state index contributed by atoms with van der Waals surface area (Å²) in [5.74, 6) is 0.744. The smallest absolute Gasteiger partial charge is 0.234 e. The van der Waals surface area contributed by atoms with Gasteiger partial charge in [0.05, 0.1) is 47.3 Å².